The molecule has 23 heavy (non-hydrogen) atoms. The van der Waals surface area contributed by atoms with Crippen molar-refractivity contribution in [2.75, 3.05) is 7.05 Å². The van der Waals surface area contributed by atoms with Crippen molar-refractivity contribution in [2.45, 2.75) is 38.8 Å². The summed E-state index contributed by atoms with van der Waals surface area (Å²) in [6.45, 7) is 7.11. The van der Waals surface area contributed by atoms with Crippen LogP contribution in [0.15, 0.2) is 42.5 Å². The van der Waals surface area contributed by atoms with Gasteiger partial charge in [-0.3, -0.25) is 4.90 Å². The van der Waals surface area contributed by atoms with Gasteiger partial charge in [-0.05, 0) is 50.1 Å². The number of fused-ring (bicyclic) bond motifs is 1. The van der Waals surface area contributed by atoms with Gasteiger partial charge >= 0.3 is 6.09 Å². The molecule has 2 aromatic carbocycles. The molecule has 0 N–H and O–H groups in total. The predicted octanol–water partition coefficient (Wildman–Crippen LogP) is 4.12. The Morgan fingerprint density at radius 1 is 1.04 bits per heavy atom. The monoisotopic (exact) mass is 313 g/mol. The molecule has 0 radical (unpaired) electrons. The molecule has 0 spiro atoms. The predicted molar refractivity (Wildman–Crippen MR) is 91.4 cm³/mol. The lowest BCUT2D eigenvalue weighted by Gasteiger charge is -2.35. The fourth-order valence-electron chi connectivity index (χ4n) is 2.36. The van der Waals surface area contributed by atoms with Crippen molar-refractivity contribution in [1.82, 2.24) is 4.90 Å². The largest absolute Gasteiger partial charge is 0.444 e. The first-order chi connectivity index (χ1) is 10.7. The molecule has 0 aromatic heterocycles. The summed E-state index contributed by atoms with van der Waals surface area (Å²) < 4.78 is 5.38. The van der Waals surface area contributed by atoms with E-state index in [0.29, 0.717) is 0 Å². The highest BCUT2D eigenvalue weighted by Crippen LogP contribution is 2.29. The Morgan fingerprint density at radius 2 is 1.65 bits per heavy atom. The van der Waals surface area contributed by atoms with Crippen LogP contribution in [0.1, 0.15) is 33.3 Å². The maximum absolute atomic E-state index is 12.3. The highest BCUT2D eigenvalue weighted by atomic mass is 16.6. The van der Waals surface area contributed by atoms with Crippen molar-refractivity contribution in [1.29, 1.82) is 0 Å². The highest BCUT2D eigenvalue weighted by molar-refractivity contribution is 5.85. The Morgan fingerprint density at radius 3 is 2.22 bits per heavy atom. The van der Waals surface area contributed by atoms with Gasteiger partial charge in [-0.2, -0.15) is 0 Å². The van der Waals surface area contributed by atoms with Gasteiger partial charge in [0.2, 0.25) is 0 Å². The molecule has 0 saturated carbocycles. The number of hydrogen-bond acceptors (Lipinski definition) is 3. The van der Waals surface area contributed by atoms with E-state index >= 15 is 0 Å². The van der Waals surface area contributed by atoms with Crippen LogP contribution in [0.2, 0.25) is 0 Å². The third-order valence-electron chi connectivity index (χ3n) is 3.93. The minimum absolute atomic E-state index is 0.528. The number of likely N-dealkylation sites (N-methyl/N-ethyl adjacent to an activating group) is 1. The topological polar surface area (TPSA) is 46.6 Å². The van der Waals surface area contributed by atoms with Gasteiger partial charge in [0.25, 0.3) is 0 Å². The van der Waals surface area contributed by atoms with E-state index in [2.05, 4.69) is 0 Å². The molecule has 0 aliphatic heterocycles. The number of carbonyl (C=O) groups excluding carboxylic acids is 2. The Balaban J connectivity index is 2.41. The average molecular weight is 313 g/mol. The maximum atomic E-state index is 12.3. The Bertz CT molecular complexity index is 733. The van der Waals surface area contributed by atoms with Crippen molar-refractivity contribution >= 4 is 23.2 Å². The molecule has 0 saturated heterocycles. The van der Waals surface area contributed by atoms with E-state index < -0.39 is 17.2 Å². The van der Waals surface area contributed by atoms with E-state index in [1.54, 1.807) is 34.7 Å². The number of nitrogens with zero attached hydrogens (tertiary/aromatic N) is 1. The molecule has 2 rings (SSSR count). The lowest BCUT2D eigenvalue weighted by Crippen LogP contribution is -2.48. The van der Waals surface area contributed by atoms with Gasteiger partial charge in [-0.15, -0.1) is 0 Å². The third-order valence-corrected chi connectivity index (χ3v) is 3.93. The van der Waals surface area contributed by atoms with E-state index in [4.69, 9.17) is 4.74 Å². The second-order valence-electron chi connectivity index (χ2n) is 6.87. The van der Waals surface area contributed by atoms with Gasteiger partial charge in [0, 0.05) is 7.05 Å². The van der Waals surface area contributed by atoms with E-state index in [-0.39, 0.29) is 0 Å². The summed E-state index contributed by atoms with van der Waals surface area (Å²) in [5, 5.41) is 2.11. The van der Waals surface area contributed by atoms with Gasteiger partial charge in [0.15, 0.2) is 0 Å². The summed E-state index contributed by atoms with van der Waals surface area (Å²) in [6, 6.07) is 13.7. The second kappa shape index (κ2) is 6.03. The zero-order valence-electron chi connectivity index (χ0n) is 14.3. The van der Waals surface area contributed by atoms with Crippen molar-refractivity contribution < 1.29 is 14.3 Å². The van der Waals surface area contributed by atoms with E-state index in [1.807, 2.05) is 42.5 Å². The van der Waals surface area contributed by atoms with Gasteiger partial charge in [0.05, 0.1) is 0 Å². The molecule has 4 nitrogen and oxygen atoms in total. The Hall–Kier alpha value is -2.36. The number of aldehydes is 1. The molecule has 4 heteroatoms. The molecule has 0 heterocycles. The van der Waals surface area contributed by atoms with Crippen LogP contribution in [0, 0.1) is 0 Å². The summed E-state index contributed by atoms with van der Waals surface area (Å²) in [4.78, 5) is 25.5. The number of hydrogen-bond donors (Lipinski definition) is 0. The number of ether oxygens (including phenoxy) is 1. The van der Waals surface area contributed by atoms with E-state index in [9.17, 15) is 9.59 Å². The summed E-state index contributed by atoms with van der Waals surface area (Å²) in [5.74, 6) is 0. The normalized spacial score (nSPS) is 14.1. The molecule has 1 atom stereocenters. The maximum Gasteiger partial charge on any atom is 0.411 e. The Kier molecular flexibility index (Phi) is 4.46. The second-order valence-corrected chi connectivity index (χ2v) is 6.87. The number of carbonyl (C=O) groups is 2. The Labute approximate surface area is 137 Å². The fourth-order valence-corrected chi connectivity index (χ4v) is 2.36. The summed E-state index contributed by atoms with van der Waals surface area (Å²) >= 11 is 0. The van der Waals surface area contributed by atoms with Gasteiger partial charge in [-0.1, -0.05) is 36.4 Å². The van der Waals surface area contributed by atoms with Crippen LogP contribution in [0.3, 0.4) is 0 Å². The fraction of sp³-hybridized carbons (Fsp3) is 0.368. The van der Waals surface area contributed by atoms with Crippen molar-refractivity contribution in [3.05, 3.63) is 48.0 Å². The molecular formula is C19H23NO3. The first kappa shape index (κ1) is 17.0. The van der Waals surface area contributed by atoms with E-state index in [1.165, 1.54) is 4.90 Å². The molecule has 1 amide bonds. The molecule has 0 aliphatic rings. The highest BCUT2D eigenvalue weighted by Gasteiger charge is 2.36. The molecule has 0 fully saturated rings. The standard InChI is InChI=1S/C19H23NO3/c1-18(2,3)23-17(22)20(5)19(4,13-21)16-11-10-14-8-6-7-9-15(14)12-16/h6-13H,1-5H3. The first-order valence-corrected chi connectivity index (χ1v) is 7.60. The molecule has 0 bridgehead atoms. The summed E-state index contributed by atoms with van der Waals surface area (Å²) in [5.41, 5.74) is -0.954. The number of rotatable bonds is 3. The van der Waals surface area contributed by atoms with Crippen LogP contribution < -0.4 is 0 Å². The van der Waals surface area contributed by atoms with Crippen LogP contribution in [0.4, 0.5) is 4.79 Å². The van der Waals surface area contributed by atoms with Crippen LogP contribution in [0.5, 0.6) is 0 Å². The molecule has 1 unspecified atom stereocenters. The summed E-state index contributed by atoms with van der Waals surface area (Å²) in [7, 11) is 1.58. The minimum Gasteiger partial charge on any atom is -0.444 e. The number of benzene rings is 2. The van der Waals surface area contributed by atoms with Crippen molar-refractivity contribution in [2.24, 2.45) is 0 Å². The smallest absolute Gasteiger partial charge is 0.411 e. The molecule has 122 valence electrons. The first-order valence-electron chi connectivity index (χ1n) is 7.60. The molecule has 2 aromatic rings. The lowest BCUT2D eigenvalue weighted by molar-refractivity contribution is -0.117. The van der Waals surface area contributed by atoms with Gasteiger partial charge < -0.3 is 9.53 Å². The molecule has 0 aliphatic carbocycles. The minimum atomic E-state index is -1.09. The van der Waals surface area contributed by atoms with Gasteiger partial charge in [-0.25, -0.2) is 4.79 Å². The molecular weight excluding hydrogens is 290 g/mol. The average Bonchev–Trinajstić information content (AvgIpc) is 2.51. The van der Waals surface area contributed by atoms with Crippen molar-refractivity contribution in [3.8, 4) is 0 Å². The van der Waals surface area contributed by atoms with Gasteiger partial charge in [0.1, 0.15) is 17.4 Å². The van der Waals surface area contributed by atoms with Crippen LogP contribution >= 0.6 is 0 Å². The zero-order valence-corrected chi connectivity index (χ0v) is 14.3. The van der Waals surface area contributed by atoms with E-state index in [0.717, 1.165) is 22.6 Å². The summed E-state index contributed by atoms with van der Waals surface area (Å²) in [6.07, 6.45) is 0.251. The van der Waals surface area contributed by atoms with Crippen LogP contribution in [0.25, 0.3) is 10.8 Å². The third kappa shape index (κ3) is 3.52. The van der Waals surface area contributed by atoms with Crippen LogP contribution in [-0.4, -0.2) is 29.9 Å². The van der Waals surface area contributed by atoms with Crippen molar-refractivity contribution in [3.63, 3.8) is 0 Å². The lowest BCUT2D eigenvalue weighted by atomic mass is 9.90. The van der Waals surface area contributed by atoms with Crippen LogP contribution in [-0.2, 0) is 15.1 Å². The zero-order chi connectivity index (χ0) is 17.3. The SMILES string of the molecule is CN(C(=O)OC(C)(C)C)C(C)(C=O)c1ccc2ccccc2c1. The number of amides is 1. The quantitative estimate of drug-likeness (QED) is 0.801.